The van der Waals surface area contributed by atoms with Crippen molar-refractivity contribution in [3.05, 3.63) is 66.4 Å². The monoisotopic (exact) mass is 458 g/mol. The van der Waals surface area contributed by atoms with Crippen molar-refractivity contribution in [3.63, 3.8) is 0 Å². The van der Waals surface area contributed by atoms with E-state index < -0.39 is 11.9 Å². The molecule has 1 aliphatic rings. The van der Waals surface area contributed by atoms with E-state index in [1.54, 1.807) is 23.2 Å². The second-order valence-corrected chi connectivity index (χ2v) is 8.27. The van der Waals surface area contributed by atoms with Gasteiger partial charge < -0.3 is 19.5 Å². The van der Waals surface area contributed by atoms with Crippen LogP contribution < -0.4 is 5.32 Å². The number of urea groups is 1. The first-order chi connectivity index (χ1) is 16.6. The maximum Gasteiger partial charge on any atom is 0.321 e. The summed E-state index contributed by atoms with van der Waals surface area (Å²) in [5.41, 5.74) is 2.02. The van der Waals surface area contributed by atoms with E-state index in [9.17, 15) is 14.4 Å². The van der Waals surface area contributed by atoms with E-state index in [4.69, 9.17) is 10.00 Å². The van der Waals surface area contributed by atoms with Crippen molar-refractivity contribution >= 4 is 34.4 Å². The number of benzene rings is 2. The molecule has 0 spiro atoms. The van der Waals surface area contributed by atoms with E-state index in [-0.39, 0.29) is 25.0 Å². The zero-order valence-electron chi connectivity index (χ0n) is 18.8. The number of ether oxygens (including phenoxy) is 1. The van der Waals surface area contributed by atoms with Crippen molar-refractivity contribution in [1.29, 1.82) is 5.26 Å². The number of fused-ring (bicyclic) bond motifs is 1. The number of para-hydroxylation sites is 2. The topological polar surface area (TPSA) is 104 Å². The Hall–Kier alpha value is -4.12. The van der Waals surface area contributed by atoms with Crippen LogP contribution >= 0.6 is 0 Å². The van der Waals surface area contributed by atoms with Gasteiger partial charge in [-0.25, -0.2) is 4.79 Å². The average Bonchev–Trinajstić information content (AvgIpc) is 3.25. The highest BCUT2D eigenvalue weighted by molar-refractivity contribution is 6.09. The van der Waals surface area contributed by atoms with Crippen LogP contribution in [0.3, 0.4) is 0 Å². The van der Waals surface area contributed by atoms with Gasteiger partial charge in [0, 0.05) is 48.0 Å². The number of esters is 1. The summed E-state index contributed by atoms with van der Waals surface area (Å²) in [6.07, 6.45) is 3.34. The molecule has 0 saturated carbocycles. The Kier molecular flexibility index (Phi) is 7.23. The van der Waals surface area contributed by atoms with Gasteiger partial charge in [-0.3, -0.25) is 9.59 Å². The first-order valence-corrected chi connectivity index (χ1v) is 11.3. The summed E-state index contributed by atoms with van der Waals surface area (Å²) in [7, 11) is 0. The van der Waals surface area contributed by atoms with Crippen molar-refractivity contribution in [2.24, 2.45) is 5.92 Å². The predicted molar refractivity (Wildman–Crippen MR) is 127 cm³/mol. The standard InChI is InChI=1S/C26H26N4O4/c27-13-7-15-29-17-22(21-11-4-5-12-23(21)29)24(31)18-34-25(32)19-8-6-14-30(16-19)26(33)28-20-9-2-1-3-10-20/h1-5,9-12,17,19H,6-8,14-16,18H2,(H,28,33). The molecule has 8 heteroatoms. The number of nitriles is 1. The Labute approximate surface area is 197 Å². The lowest BCUT2D eigenvalue weighted by molar-refractivity contribution is -0.148. The Morgan fingerprint density at radius 3 is 2.65 bits per heavy atom. The zero-order chi connectivity index (χ0) is 23.9. The fourth-order valence-corrected chi connectivity index (χ4v) is 4.23. The molecular weight excluding hydrogens is 432 g/mol. The molecule has 2 aromatic carbocycles. The largest absolute Gasteiger partial charge is 0.457 e. The number of nitrogens with zero attached hydrogens (tertiary/aromatic N) is 3. The Morgan fingerprint density at radius 2 is 1.85 bits per heavy atom. The van der Waals surface area contributed by atoms with Gasteiger partial charge in [0.2, 0.25) is 5.78 Å². The number of piperidine rings is 1. The minimum absolute atomic E-state index is 0.249. The van der Waals surface area contributed by atoms with Crippen LogP contribution in [-0.2, 0) is 16.1 Å². The zero-order valence-corrected chi connectivity index (χ0v) is 18.8. The van der Waals surface area contributed by atoms with Crippen LogP contribution in [0.2, 0.25) is 0 Å². The van der Waals surface area contributed by atoms with Crippen LogP contribution in [0, 0.1) is 17.2 Å². The average molecular weight is 459 g/mol. The van der Waals surface area contributed by atoms with E-state index >= 15 is 0 Å². The summed E-state index contributed by atoms with van der Waals surface area (Å²) < 4.78 is 7.25. The van der Waals surface area contributed by atoms with Gasteiger partial charge in [-0.1, -0.05) is 36.4 Å². The van der Waals surface area contributed by atoms with Crippen LogP contribution in [-0.4, -0.2) is 46.9 Å². The van der Waals surface area contributed by atoms with Gasteiger partial charge in [0.15, 0.2) is 6.61 Å². The number of hydrogen-bond donors (Lipinski definition) is 1. The lowest BCUT2D eigenvalue weighted by Crippen LogP contribution is -2.44. The number of ketones is 1. The molecule has 0 bridgehead atoms. The number of aryl methyl sites for hydroxylation is 1. The Morgan fingerprint density at radius 1 is 1.09 bits per heavy atom. The van der Waals surface area contributed by atoms with E-state index in [0.717, 1.165) is 10.9 Å². The van der Waals surface area contributed by atoms with Crippen molar-refractivity contribution < 1.29 is 19.1 Å². The van der Waals surface area contributed by atoms with E-state index in [1.807, 2.05) is 47.0 Å². The number of carbonyl (C=O) groups excluding carboxylic acids is 3. The maximum absolute atomic E-state index is 12.9. The molecule has 1 unspecified atom stereocenters. The van der Waals surface area contributed by atoms with Crippen LogP contribution in [0.5, 0.6) is 0 Å². The smallest absolute Gasteiger partial charge is 0.321 e. The van der Waals surface area contributed by atoms with Gasteiger partial charge in [-0.15, -0.1) is 0 Å². The van der Waals surface area contributed by atoms with Crippen molar-refractivity contribution in [2.75, 3.05) is 25.0 Å². The normalized spacial score (nSPS) is 15.5. The highest BCUT2D eigenvalue weighted by Gasteiger charge is 2.30. The summed E-state index contributed by atoms with van der Waals surface area (Å²) in [5.74, 6) is -1.24. The van der Waals surface area contributed by atoms with Gasteiger partial charge in [-0.2, -0.15) is 5.26 Å². The van der Waals surface area contributed by atoms with Gasteiger partial charge in [0.1, 0.15) is 0 Å². The molecule has 4 rings (SSSR count). The van der Waals surface area contributed by atoms with Gasteiger partial charge in [0.05, 0.1) is 18.4 Å². The molecule has 1 N–H and O–H groups in total. The third-order valence-electron chi connectivity index (χ3n) is 5.97. The second-order valence-electron chi connectivity index (χ2n) is 8.27. The molecule has 1 fully saturated rings. The van der Waals surface area contributed by atoms with E-state index in [1.165, 1.54) is 0 Å². The van der Waals surface area contributed by atoms with Gasteiger partial charge in [-0.05, 0) is 31.0 Å². The summed E-state index contributed by atoms with van der Waals surface area (Å²) in [4.78, 5) is 39.8. The number of Topliss-reactive ketones (excluding diaryl/α,β-unsaturated/α-hetero) is 1. The molecule has 174 valence electrons. The number of anilines is 1. The first kappa shape index (κ1) is 23.1. The molecular formula is C26H26N4O4. The number of rotatable bonds is 7. The lowest BCUT2D eigenvalue weighted by Gasteiger charge is -2.31. The van der Waals surface area contributed by atoms with Crippen LogP contribution in [0.4, 0.5) is 10.5 Å². The molecule has 1 aromatic heterocycles. The van der Waals surface area contributed by atoms with Crippen molar-refractivity contribution in [3.8, 4) is 6.07 Å². The molecule has 3 aromatic rings. The van der Waals surface area contributed by atoms with Crippen molar-refractivity contribution in [1.82, 2.24) is 9.47 Å². The second kappa shape index (κ2) is 10.7. The number of amides is 2. The highest BCUT2D eigenvalue weighted by atomic mass is 16.5. The summed E-state index contributed by atoms with van der Waals surface area (Å²) in [6.45, 7) is 0.924. The van der Waals surface area contributed by atoms with Crippen LogP contribution in [0.1, 0.15) is 29.6 Å². The van der Waals surface area contributed by atoms with E-state index in [2.05, 4.69) is 11.4 Å². The third kappa shape index (κ3) is 5.26. The molecule has 0 aliphatic carbocycles. The Bertz CT molecular complexity index is 1230. The first-order valence-electron chi connectivity index (χ1n) is 11.3. The van der Waals surface area contributed by atoms with Crippen LogP contribution in [0.15, 0.2) is 60.8 Å². The minimum Gasteiger partial charge on any atom is -0.457 e. The molecule has 1 atom stereocenters. The predicted octanol–water partition coefficient (Wildman–Crippen LogP) is 4.22. The fraction of sp³-hybridized carbons (Fsp3) is 0.308. The van der Waals surface area contributed by atoms with Gasteiger partial charge >= 0.3 is 12.0 Å². The molecule has 1 aliphatic heterocycles. The molecule has 1 saturated heterocycles. The highest BCUT2D eigenvalue weighted by Crippen LogP contribution is 2.23. The van der Waals surface area contributed by atoms with Gasteiger partial charge in [0.25, 0.3) is 0 Å². The summed E-state index contributed by atoms with van der Waals surface area (Å²) in [5, 5.41) is 12.5. The number of aromatic nitrogens is 1. The molecule has 34 heavy (non-hydrogen) atoms. The minimum atomic E-state index is -0.473. The maximum atomic E-state index is 12.9. The number of likely N-dealkylation sites (tertiary alicyclic amines) is 1. The fourth-order valence-electron chi connectivity index (χ4n) is 4.23. The summed E-state index contributed by atoms with van der Waals surface area (Å²) >= 11 is 0. The Balaban J connectivity index is 1.36. The lowest BCUT2D eigenvalue weighted by atomic mass is 9.98. The molecule has 2 amide bonds. The number of hydrogen-bond acceptors (Lipinski definition) is 5. The van der Waals surface area contributed by atoms with E-state index in [0.29, 0.717) is 43.6 Å². The van der Waals surface area contributed by atoms with Crippen LogP contribution in [0.25, 0.3) is 10.9 Å². The third-order valence-corrected chi connectivity index (χ3v) is 5.97. The summed E-state index contributed by atoms with van der Waals surface area (Å²) in [6, 6.07) is 18.5. The number of nitrogens with one attached hydrogen (secondary N) is 1. The molecule has 2 heterocycles. The van der Waals surface area contributed by atoms with Crippen molar-refractivity contribution in [2.45, 2.75) is 25.8 Å². The molecule has 8 nitrogen and oxygen atoms in total. The quantitative estimate of drug-likeness (QED) is 0.422. The molecule has 0 radical (unpaired) electrons. The SMILES string of the molecule is N#CCCn1cc(C(=O)COC(=O)C2CCCN(C(=O)Nc3ccccc3)C2)c2ccccc21. The number of carbonyl (C=O) groups is 3.